The van der Waals surface area contributed by atoms with Crippen LogP contribution in [0, 0.1) is 0 Å². The molecule has 0 unspecified atom stereocenters. The maximum atomic E-state index is 9.30. The fourth-order valence-electron chi connectivity index (χ4n) is 1.71. The maximum Gasteiger partial charge on any atom is 0.134 e. The highest BCUT2D eigenvalue weighted by Crippen LogP contribution is 2.25. The molecule has 0 fully saturated rings. The first-order chi connectivity index (χ1) is 7.83. The van der Waals surface area contributed by atoms with Gasteiger partial charge in [-0.15, -0.1) is 0 Å². The van der Waals surface area contributed by atoms with E-state index in [4.69, 9.17) is 4.42 Å². The lowest BCUT2D eigenvalue weighted by Gasteiger charge is -2.00. The first-order valence-corrected chi connectivity index (χ1v) is 4.95. The Balaban J connectivity index is 2.20. The second kappa shape index (κ2) is 3.38. The molecule has 0 spiro atoms. The molecule has 0 saturated carbocycles. The van der Waals surface area contributed by atoms with Gasteiger partial charge in [0.25, 0.3) is 0 Å². The molecule has 0 amide bonds. The SMILES string of the molecule is Oc1cnc2cc(-c3ccco3)ccc2c1. The Labute approximate surface area is 92.0 Å². The lowest BCUT2D eigenvalue weighted by molar-refractivity contribution is 0.474. The van der Waals surface area contributed by atoms with E-state index in [1.54, 1.807) is 12.3 Å². The Hall–Kier alpha value is -2.29. The number of benzene rings is 1. The van der Waals surface area contributed by atoms with Gasteiger partial charge in [-0.05, 0) is 24.3 Å². The second-order valence-corrected chi connectivity index (χ2v) is 3.58. The summed E-state index contributed by atoms with van der Waals surface area (Å²) in [5.41, 5.74) is 1.82. The highest BCUT2D eigenvalue weighted by atomic mass is 16.3. The molecule has 3 rings (SSSR count). The van der Waals surface area contributed by atoms with Crippen molar-refractivity contribution in [2.24, 2.45) is 0 Å². The molecule has 3 aromatic rings. The van der Waals surface area contributed by atoms with E-state index < -0.39 is 0 Å². The van der Waals surface area contributed by atoms with E-state index in [2.05, 4.69) is 4.98 Å². The molecule has 2 heterocycles. The number of fused-ring (bicyclic) bond motifs is 1. The van der Waals surface area contributed by atoms with Crippen molar-refractivity contribution in [2.75, 3.05) is 0 Å². The van der Waals surface area contributed by atoms with Crippen molar-refractivity contribution in [3.05, 3.63) is 48.9 Å². The predicted octanol–water partition coefficient (Wildman–Crippen LogP) is 3.20. The Bertz CT molecular complexity index is 629. The minimum atomic E-state index is 0.179. The summed E-state index contributed by atoms with van der Waals surface area (Å²) >= 11 is 0. The van der Waals surface area contributed by atoms with E-state index in [0.29, 0.717) is 0 Å². The number of aromatic nitrogens is 1. The van der Waals surface area contributed by atoms with Crippen molar-refractivity contribution in [1.29, 1.82) is 0 Å². The monoisotopic (exact) mass is 211 g/mol. The zero-order valence-electron chi connectivity index (χ0n) is 8.42. The quantitative estimate of drug-likeness (QED) is 0.672. The van der Waals surface area contributed by atoms with Crippen molar-refractivity contribution in [3.8, 4) is 17.1 Å². The van der Waals surface area contributed by atoms with Crippen LogP contribution in [0.2, 0.25) is 0 Å². The zero-order chi connectivity index (χ0) is 11.0. The van der Waals surface area contributed by atoms with Gasteiger partial charge in [-0.1, -0.05) is 12.1 Å². The summed E-state index contributed by atoms with van der Waals surface area (Å²) in [5, 5.41) is 10.2. The third-order valence-corrected chi connectivity index (χ3v) is 2.48. The van der Waals surface area contributed by atoms with Gasteiger partial charge in [0.15, 0.2) is 0 Å². The molecule has 0 radical (unpaired) electrons. The van der Waals surface area contributed by atoms with Crippen LogP contribution in [0.1, 0.15) is 0 Å². The Morgan fingerprint density at radius 1 is 1.12 bits per heavy atom. The summed E-state index contributed by atoms with van der Waals surface area (Å²) in [7, 11) is 0. The van der Waals surface area contributed by atoms with E-state index in [1.165, 1.54) is 6.20 Å². The fraction of sp³-hybridized carbons (Fsp3) is 0. The van der Waals surface area contributed by atoms with Crippen LogP contribution < -0.4 is 0 Å². The predicted molar refractivity (Wildman–Crippen MR) is 61.1 cm³/mol. The number of hydrogen-bond donors (Lipinski definition) is 1. The van der Waals surface area contributed by atoms with E-state index in [0.717, 1.165) is 22.2 Å². The minimum absolute atomic E-state index is 0.179. The number of aromatic hydroxyl groups is 1. The van der Waals surface area contributed by atoms with Crippen LogP contribution in [-0.4, -0.2) is 10.1 Å². The molecular formula is C13H9NO2. The fourth-order valence-corrected chi connectivity index (χ4v) is 1.71. The molecule has 0 bridgehead atoms. The molecule has 3 nitrogen and oxygen atoms in total. The molecule has 0 aliphatic rings. The van der Waals surface area contributed by atoms with Gasteiger partial charge >= 0.3 is 0 Å². The second-order valence-electron chi connectivity index (χ2n) is 3.58. The van der Waals surface area contributed by atoms with Crippen molar-refractivity contribution in [1.82, 2.24) is 4.98 Å². The minimum Gasteiger partial charge on any atom is -0.506 e. The standard InChI is InChI=1S/C13H9NO2/c15-11-6-9-3-4-10(7-12(9)14-8-11)13-2-1-5-16-13/h1-8,15H. The first-order valence-electron chi connectivity index (χ1n) is 4.95. The van der Waals surface area contributed by atoms with E-state index >= 15 is 0 Å². The summed E-state index contributed by atoms with van der Waals surface area (Å²) in [6.45, 7) is 0. The van der Waals surface area contributed by atoms with Gasteiger partial charge in [0.2, 0.25) is 0 Å². The van der Waals surface area contributed by atoms with Gasteiger partial charge in [0.05, 0.1) is 18.0 Å². The van der Waals surface area contributed by atoms with Gasteiger partial charge in [-0.25, -0.2) is 0 Å². The Kier molecular flexibility index (Phi) is 1.90. The normalized spacial score (nSPS) is 10.8. The van der Waals surface area contributed by atoms with Crippen LogP contribution in [0.3, 0.4) is 0 Å². The topological polar surface area (TPSA) is 46.3 Å². The number of furan rings is 1. The molecule has 16 heavy (non-hydrogen) atoms. The first kappa shape index (κ1) is 8.97. The van der Waals surface area contributed by atoms with Gasteiger partial charge in [0.1, 0.15) is 11.5 Å². The van der Waals surface area contributed by atoms with Gasteiger partial charge in [-0.2, -0.15) is 0 Å². The van der Waals surface area contributed by atoms with Crippen LogP contribution in [0.15, 0.2) is 53.3 Å². The molecule has 2 aromatic heterocycles. The number of rotatable bonds is 1. The van der Waals surface area contributed by atoms with Crippen molar-refractivity contribution >= 4 is 10.9 Å². The van der Waals surface area contributed by atoms with Crippen LogP contribution in [0.4, 0.5) is 0 Å². The van der Waals surface area contributed by atoms with Crippen molar-refractivity contribution in [2.45, 2.75) is 0 Å². The van der Waals surface area contributed by atoms with E-state index in [-0.39, 0.29) is 5.75 Å². The lowest BCUT2D eigenvalue weighted by atomic mass is 10.1. The van der Waals surface area contributed by atoms with Crippen molar-refractivity contribution < 1.29 is 9.52 Å². The largest absolute Gasteiger partial charge is 0.506 e. The maximum absolute atomic E-state index is 9.30. The molecule has 0 aliphatic heterocycles. The number of pyridine rings is 1. The average Bonchev–Trinajstić information content (AvgIpc) is 2.82. The summed E-state index contributed by atoms with van der Waals surface area (Å²) in [6.07, 6.45) is 3.08. The molecule has 0 atom stereocenters. The zero-order valence-corrected chi connectivity index (χ0v) is 8.42. The molecule has 1 N–H and O–H groups in total. The molecule has 78 valence electrons. The number of hydrogen-bond acceptors (Lipinski definition) is 3. The van der Waals surface area contributed by atoms with E-state index in [1.807, 2.05) is 30.3 Å². The van der Waals surface area contributed by atoms with Gasteiger partial charge < -0.3 is 9.52 Å². The van der Waals surface area contributed by atoms with Crippen LogP contribution in [-0.2, 0) is 0 Å². The van der Waals surface area contributed by atoms with Gasteiger partial charge in [-0.3, -0.25) is 4.98 Å². The molecule has 0 saturated heterocycles. The Morgan fingerprint density at radius 2 is 2.06 bits per heavy atom. The summed E-state index contributed by atoms with van der Waals surface area (Å²) < 4.78 is 5.32. The van der Waals surface area contributed by atoms with Crippen LogP contribution in [0.25, 0.3) is 22.2 Å². The highest BCUT2D eigenvalue weighted by Gasteiger charge is 2.03. The molecule has 1 aromatic carbocycles. The molecule has 0 aliphatic carbocycles. The third kappa shape index (κ3) is 1.42. The summed E-state index contributed by atoms with van der Waals surface area (Å²) in [5.74, 6) is 0.995. The average molecular weight is 211 g/mol. The highest BCUT2D eigenvalue weighted by molar-refractivity contribution is 5.84. The van der Waals surface area contributed by atoms with Gasteiger partial charge in [0, 0.05) is 10.9 Å². The summed E-state index contributed by atoms with van der Waals surface area (Å²) in [4.78, 5) is 4.16. The van der Waals surface area contributed by atoms with Crippen LogP contribution in [0.5, 0.6) is 5.75 Å². The molecule has 3 heteroatoms. The molecular weight excluding hydrogens is 202 g/mol. The third-order valence-electron chi connectivity index (χ3n) is 2.48. The van der Waals surface area contributed by atoms with Crippen molar-refractivity contribution in [3.63, 3.8) is 0 Å². The smallest absolute Gasteiger partial charge is 0.134 e. The number of nitrogens with zero attached hydrogens (tertiary/aromatic N) is 1. The Morgan fingerprint density at radius 3 is 2.88 bits per heavy atom. The lowest BCUT2D eigenvalue weighted by Crippen LogP contribution is -1.80. The van der Waals surface area contributed by atoms with Crippen LogP contribution >= 0.6 is 0 Å². The summed E-state index contributed by atoms with van der Waals surface area (Å²) in [6, 6.07) is 11.2. The van der Waals surface area contributed by atoms with E-state index in [9.17, 15) is 5.11 Å².